The second kappa shape index (κ2) is 8.14. The van der Waals surface area contributed by atoms with Crippen LogP contribution in [0, 0.1) is 0 Å². The number of halogens is 3. The van der Waals surface area contributed by atoms with Gasteiger partial charge in [0.2, 0.25) is 11.7 Å². The lowest BCUT2D eigenvalue weighted by atomic mass is 9.98. The molecule has 1 N–H and O–H groups in total. The number of aromatic amines is 1. The standard InChI is InChI=1S/C20H23F3N4O2/c21-20(22,23)19-25-16-8-9-27(12-15(16)18(28)26-19)11-13-6-7-17(24-10-13)29-14-4-2-1-3-5-14/h6-7,10,14H,1-5,8-9,11-12H2,(H,25,26,28). The van der Waals surface area contributed by atoms with Crippen molar-refractivity contribution in [3.05, 3.63) is 51.3 Å². The SMILES string of the molecule is O=c1[nH]c(C(F)(F)F)nc2c1CN(Cc1ccc(OC3CCCCC3)nc1)CC2. The molecule has 9 heteroatoms. The van der Waals surface area contributed by atoms with Crippen molar-refractivity contribution in [2.45, 2.75) is 63.9 Å². The van der Waals surface area contributed by atoms with Gasteiger partial charge in [0.1, 0.15) is 6.10 Å². The lowest BCUT2D eigenvalue weighted by molar-refractivity contribution is -0.145. The Labute approximate surface area is 166 Å². The molecular weight excluding hydrogens is 385 g/mol. The minimum Gasteiger partial charge on any atom is -0.474 e. The third kappa shape index (κ3) is 4.77. The quantitative estimate of drug-likeness (QED) is 0.839. The average Bonchev–Trinajstić information content (AvgIpc) is 2.70. The maximum absolute atomic E-state index is 12.8. The highest BCUT2D eigenvalue weighted by Crippen LogP contribution is 2.27. The molecule has 0 aromatic carbocycles. The topological polar surface area (TPSA) is 71.1 Å². The summed E-state index contributed by atoms with van der Waals surface area (Å²) in [7, 11) is 0. The molecule has 1 aliphatic heterocycles. The number of ether oxygens (including phenoxy) is 1. The fourth-order valence-corrected chi connectivity index (χ4v) is 3.94. The van der Waals surface area contributed by atoms with Crippen LogP contribution in [0.15, 0.2) is 23.1 Å². The summed E-state index contributed by atoms with van der Waals surface area (Å²) in [6.45, 7) is 1.34. The predicted octanol–water partition coefficient (Wildman–Crippen LogP) is 3.45. The molecule has 0 bridgehead atoms. The average molecular weight is 408 g/mol. The van der Waals surface area contributed by atoms with Gasteiger partial charge < -0.3 is 9.72 Å². The maximum atomic E-state index is 12.8. The van der Waals surface area contributed by atoms with Gasteiger partial charge in [0.25, 0.3) is 5.56 Å². The van der Waals surface area contributed by atoms with Crippen LogP contribution in [0.4, 0.5) is 13.2 Å². The van der Waals surface area contributed by atoms with Gasteiger partial charge in [-0.3, -0.25) is 9.69 Å². The smallest absolute Gasteiger partial charge is 0.449 e. The van der Waals surface area contributed by atoms with E-state index in [-0.39, 0.29) is 18.3 Å². The largest absolute Gasteiger partial charge is 0.474 e. The van der Waals surface area contributed by atoms with Gasteiger partial charge in [0, 0.05) is 38.3 Å². The first kappa shape index (κ1) is 19.9. The Hall–Kier alpha value is -2.42. The monoisotopic (exact) mass is 408 g/mol. The Bertz CT molecular complexity index is 905. The summed E-state index contributed by atoms with van der Waals surface area (Å²) in [5, 5.41) is 0. The predicted molar refractivity (Wildman–Crippen MR) is 99.4 cm³/mol. The fourth-order valence-electron chi connectivity index (χ4n) is 3.94. The molecule has 0 amide bonds. The van der Waals surface area contributed by atoms with Crippen molar-refractivity contribution >= 4 is 0 Å². The first-order valence-corrected chi connectivity index (χ1v) is 9.92. The van der Waals surface area contributed by atoms with Crippen molar-refractivity contribution in [3.63, 3.8) is 0 Å². The molecule has 0 saturated heterocycles. The van der Waals surface area contributed by atoms with Gasteiger partial charge in [-0.05, 0) is 31.2 Å². The van der Waals surface area contributed by atoms with E-state index in [9.17, 15) is 18.0 Å². The molecule has 1 aliphatic carbocycles. The summed E-state index contributed by atoms with van der Waals surface area (Å²) in [6.07, 6.45) is 3.42. The van der Waals surface area contributed by atoms with Crippen LogP contribution in [0.2, 0.25) is 0 Å². The van der Waals surface area contributed by atoms with E-state index in [1.807, 2.05) is 22.0 Å². The van der Waals surface area contributed by atoms with Gasteiger partial charge >= 0.3 is 6.18 Å². The van der Waals surface area contributed by atoms with Crippen molar-refractivity contribution in [3.8, 4) is 5.88 Å². The third-order valence-corrected chi connectivity index (χ3v) is 5.46. The Morgan fingerprint density at radius 3 is 2.69 bits per heavy atom. The van der Waals surface area contributed by atoms with Gasteiger partial charge in [-0.2, -0.15) is 13.2 Å². The first-order valence-electron chi connectivity index (χ1n) is 9.92. The van der Waals surface area contributed by atoms with E-state index in [0.717, 1.165) is 18.4 Å². The lowest BCUT2D eigenvalue weighted by Gasteiger charge is -2.28. The van der Waals surface area contributed by atoms with Crippen molar-refractivity contribution in [2.24, 2.45) is 0 Å². The Kier molecular flexibility index (Phi) is 5.58. The number of H-pyrrole nitrogens is 1. The third-order valence-electron chi connectivity index (χ3n) is 5.46. The van der Waals surface area contributed by atoms with Crippen molar-refractivity contribution < 1.29 is 17.9 Å². The van der Waals surface area contributed by atoms with Gasteiger partial charge in [-0.15, -0.1) is 0 Å². The van der Waals surface area contributed by atoms with Crippen molar-refractivity contribution in [2.75, 3.05) is 6.54 Å². The molecule has 4 rings (SSSR count). The molecule has 0 atom stereocenters. The number of pyridine rings is 1. The normalized spacial score (nSPS) is 18.4. The number of fused-ring (bicyclic) bond motifs is 1. The minimum absolute atomic E-state index is 0.228. The molecule has 0 spiro atoms. The van der Waals surface area contributed by atoms with Crippen molar-refractivity contribution in [1.29, 1.82) is 0 Å². The van der Waals surface area contributed by atoms with E-state index < -0.39 is 17.6 Å². The Morgan fingerprint density at radius 1 is 1.21 bits per heavy atom. The van der Waals surface area contributed by atoms with Crippen LogP contribution in [0.25, 0.3) is 0 Å². The highest BCUT2D eigenvalue weighted by molar-refractivity contribution is 5.23. The zero-order valence-electron chi connectivity index (χ0n) is 16.0. The fraction of sp³-hybridized carbons (Fsp3) is 0.550. The van der Waals surface area contributed by atoms with E-state index >= 15 is 0 Å². The van der Waals surface area contributed by atoms with Gasteiger partial charge in [-0.25, -0.2) is 9.97 Å². The molecule has 2 aromatic rings. The molecule has 29 heavy (non-hydrogen) atoms. The van der Waals surface area contributed by atoms with Crippen LogP contribution in [0.5, 0.6) is 5.88 Å². The number of nitrogens with zero attached hydrogens (tertiary/aromatic N) is 3. The second-order valence-corrected chi connectivity index (χ2v) is 7.68. The molecular formula is C20H23F3N4O2. The summed E-state index contributed by atoms with van der Waals surface area (Å²) in [5.74, 6) is -0.614. The van der Waals surface area contributed by atoms with E-state index in [1.165, 1.54) is 19.3 Å². The molecule has 1 fully saturated rings. The van der Waals surface area contributed by atoms with E-state index in [1.54, 1.807) is 6.20 Å². The minimum atomic E-state index is -4.65. The van der Waals surface area contributed by atoms with E-state index in [4.69, 9.17) is 4.74 Å². The summed E-state index contributed by atoms with van der Waals surface area (Å²) >= 11 is 0. The van der Waals surface area contributed by atoms with Crippen LogP contribution < -0.4 is 10.3 Å². The molecule has 2 aromatic heterocycles. The van der Waals surface area contributed by atoms with Crippen molar-refractivity contribution in [1.82, 2.24) is 19.9 Å². The summed E-state index contributed by atoms with van der Waals surface area (Å²) in [5.41, 5.74) is 0.767. The van der Waals surface area contributed by atoms with Gasteiger partial charge in [-0.1, -0.05) is 12.5 Å². The number of hydrogen-bond donors (Lipinski definition) is 1. The number of hydrogen-bond acceptors (Lipinski definition) is 5. The summed E-state index contributed by atoms with van der Waals surface area (Å²) in [6, 6.07) is 3.79. The van der Waals surface area contributed by atoms with Gasteiger partial charge in [0.05, 0.1) is 11.3 Å². The Morgan fingerprint density at radius 2 is 2.00 bits per heavy atom. The molecule has 3 heterocycles. The van der Waals surface area contributed by atoms with Crippen LogP contribution >= 0.6 is 0 Å². The highest BCUT2D eigenvalue weighted by atomic mass is 19.4. The van der Waals surface area contributed by atoms with Crippen LogP contribution in [-0.4, -0.2) is 32.5 Å². The highest BCUT2D eigenvalue weighted by Gasteiger charge is 2.35. The maximum Gasteiger partial charge on any atom is 0.449 e. The molecule has 156 valence electrons. The number of aromatic nitrogens is 3. The number of alkyl halides is 3. The zero-order chi connectivity index (χ0) is 20.4. The lowest BCUT2D eigenvalue weighted by Crippen LogP contribution is -2.36. The number of rotatable bonds is 4. The summed E-state index contributed by atoms with van der Waals surface area (Å²) in [4.78, 5) is 24.0. The van der Waals surface area contributed by atoms with Gasteiger partial charge in [0.15, 0.2) is 0 Å². The summed E-state index contributed by atoms with van der Waals surface area (Å²) < 4.78 is 44.4. The molecule has 1 saturated carbocycles. The molecule has 6 nitrogen and oxygen atoms in total. The second-order valence-electron chi connectivity index (χ2n) is 7.68. The Balaban J connectivity index is 1.39. The van der Waals surface area contributed by atoms with E-state index in [2.05, 4.69) is 9.97 Å². The zero-order valence-corrected chi connectivity index (χ0v) is 16.0. The molecule has 0 radical (unpaired) electrons. The van der Waals surface area contributed by atoms with E-state index in [0.29, 0.717) is 31.0 Å². The first-order chi connectivity index (χ1) is 13.9. The number of nitrogens with one attached hydrogen (secondary N) is 1. The van der Waals surface area contributed by atoms with Crippen LogP contribution in [-0.2, 0) is 25.7 Å². The molecule has 0 unspecified atom stereocenters. The van der Waals surface area contributed by atoms with Crippen LogP contribution in [0.1, 0.15) is 54.7 Å². The van der Waals surface area contributed by atoms with Crippen LogP contribution in [0.3, 0.4) is 0 Å². The molecule has 2 aliphatic rings.